The molecule has 1 aromatic rings. The molecule has 2 saturated heterocycles. The molecular weight excluding hydrogens is 392 g/mol. The van der Waals surface area contributed by atoms with Gasteiger partial charge in [-0.15, -0.1) is 0 Å². The number of Topliss-reactive ketones (excluding diaryl/α,β-unsaturated/α-hetero) is 1. The van der Waals surface area contributed by atoms with Crippen molar-refractivity contribution in [2.24, 2.45) is 4.99 Å². The van der Waals surface area contributed by atoms with Gasteiger partial charge in [-0.3, -0.25) is 9.59 Å². The Labute approximate surface area is 160 Å². The molecule has 3 rings (SSSR count). The molecule has 144 valence electrons. The molecule has 0 N–H and O–H groups in total. The van der Waals surface area contributed by atoms with Gasteiger partial charge in [-0.1, -0.05) is 11.8 Å². The Morgan fingerprint density at radius 1 is 1.19 bits per heavy atom. The molecule has 0 bridgehead atoms. The number of hydrogen-bond acceptors (Lipinski definition) is 7. The lowest BCUT2D eigenvalue weighted by Crippen LogP contribution is -2.37. The average molecular weight is 409 g/mol. The first kappa shape index (κ1) is 19.6. The fourth-order valence-electron chi connectivity index (χ4n) is 3.09. The average Bonchev–Trinajstić information content (AvgIpc) is 3.03. The molecule has 10 heteroatoms. The Morgan fingerprint density at radius 3 is 2.44 bits per heavy atom. The molecule has 2 fully saturated rings. The summed E-state index contributed by atoms with van der Waals surface area (Å²) in [6.45, 7) is 1.45. The monoisotopic (exact) mass is 409 g/mol. The predicted molar refractivity (Wildman–Crippen MR) is 99.4 cm³/mol. The van der Waals surface area contributed by atoms with E-state index in [9.17, 15) is 27.9 Å². The number of amidine groups is 1. The van der Waals surface area contributed by atoms with Crippen molar-refractivity contribution in [3.63, 3.8) is 0 Å². The normalized spacial score (nSPS) is 24.8. The summed E-state index contributed by atoms with van der Waals surface area (Å²) >= 11 is 1.21. The number of carbonyl (C=O) groups excluding carboxylic acids is 3. The number of carboxylic acids is 1. The number of sulfone groups is 1. The maximum Gasteiger partial charge on any atom is 0.248 e. The van der Waals surface area contributed by atoms with Crippen molar-refractivity contribution in [3.05, 3.63) is 29.8 Å². The van der Waals surface area contributed by atoms with E-state index < -0.39 is 28.1 Å². The van der Waals surface area contributed by atoms with Crippen LogP contribution in [0.3, 0.4) is 0 Å². The highest BCUT2D eigenvalue weighted by Gasteiger charge is 2.49. The van der Waals surface area contributed by atoms with E-state index in [0.717, 1.165) is 0 Å². The van der Waals surface area contributed by atoms with Crippen LogP contribution >= 0.6 is 11.8 Å². The number of carboxylic acid groups (broad SMARTS) is 1. The van der Waals surface area contributed by atoms with Gasteiger partial charge in [-0.25, -0.2) is 8.42 Å². The molecule has 2 aliphatic rings. The Hall–Kier alpha value is -2.20. The van der Waals surface area contributed by atoms with Crippen LogP contribution in [0, 0.1) is 0 Å². The second-order valence-electron chi connectivity index (χ2n) is 6.43. The first-order valence-corrected chi connectivity index (χ1v) is 10.9. The molecule has 0 aromatic heterocycles. The van der Waals surface area contributed by atoms with E-state index in [2.05, 4.69) is 4.99 Å². The largest absolute Gasteiger partial charge is 0.550 e. The van der Waals surface area contributed by atoms with Gasteiger partial charge in [-0.05, 0) is 37.6 Å². The molecule has 0 aliphatic carbocycles. The van der Waals surface area contributed by atoms with Gasteiger partial charge in [0, 0.05) is 28.9 Å². The Kier molecular flexibility index (Phi) is 5.38. The van der Waals surface area contributed by atoms with Crippen LogP contribution in [-0.2, 0) is 19.4 Å². The molecule has 0 radical (unpaired) electrons. The van der Waals surface area contributed by atoms with Crippen molar-refractivity contribution in [2.45, 2.75) is 31.1 Å². The highest BCUT2D eigenvalue weighted by molar-refractivity contribution is 8.16. The Morgan fingerprint density at radius 2 is 1.85 bits per heavy atom. The van der Waals surface area contributed by atoms with E-state index in [1.165, 1.54) is 18.7 Å². The van der Waals surface area contributed by atoms with Crippen molar-refractivity contribution in [1.82, 2.24) is 0 Å². The van der Waals surface area contributed by atoms with Crippen LogP contribution in [-0.4, -0.2) is 54.0 Å². The molecule has 2 atom stereocenters. The number of nitrogens with zero attached hydrogens (tertiary/aromatic N) is 2. The minimum absolute atomic E-state index is 0.00335. The maximum absolute atomic E-state index is 12.0. The number of benzene rings is 1. The number of carbonyl (C=O) groups is 3. The molecule has 0 saturated carbocycles. The number of rotatable bonds is 5. The van der Waals surface area contributed by atoms with Gasteiger partial charge in [0.2, 0.25) is 5.91 Å². The molecule has 1 amide bonds. The lowest BCUT2D eigenvalue weighted by Gasteiger charge is -2.24. The quantitative estimate of drug-likeness (QED) is 0.624. The molecule has 0 spiro atoms. The smallest absolute Gasteiger partial charge is 0.248 e. The van der Waals surface area contributed by atoms with Crippen LogP contribution in [0.5, 0.6) is 0 Å². The van der Waals surface area contributed by atoms with Crippen molar-refractivity contribution in [1.29, 1.82) is 0 Å². The first-order valence-electron chi connectivity index (χ1n) is 8.25. The van der Waals surface area contributed by atoms with Crippen LogP contribution in [0.2, 0.25) is 0 Å². The van der Waals surface area contributed by atoms with Crippen molar-refractivity contribution in [2.75, 3.05) is 16.4 Å². The van der Waals surface area contributed by atoms with E-state index in [0.29, 0.717) is 16.4 Å². The molecular formula is C17H17N2O6S2-. The Bertz CT molecular complexity index is 923. The molecule has 27 heavy (non-hydrogen) atoms. The summed E-state index contributed by atoms with van der Waals surface area (Å²) in [4.78, 5) is 39.7. The third kappa shape index (κ3) is 4.38. The standard InChI is InChI=1S/C17H18N2O6S2/c1-10(20)11-2-4-12(5-3-11)19-13-8-27(24,25)9-14(13)26-17(19)18-15(21)6-7-16(22)23/h2-5,13-14H,6-9H2,1H3,(H,22,23)/p-1/t13-,14-/m0/s1. The van der Waals surface area contributed by atoms with Gasteiger partial charge in [0.1, 0.15) is 0 Å². The lowest BCUT2D eigenvalue weighted by atomic mass is 10.1. The SMILES string of the molecule is CC(=O)c1ccc(N2C(=NC(=O)CCC(=O)[O-])S[C@H]3CS(=O)(=O)C[C@@H]32)cc1. The summed E-state index contributed by atoms with van der Waals surface area (Å²) in [5.74, 6) is -2.08. The van der Waals surface area contributed by atoms with Crippen molar-refractivity contribution in [3.8, 4) is 0 Å². The number of anilines is 1. The summed E-state index contributed by atoms with van der Waals surface area (Å²) in [6, 6.07) is 6.27. The first-order chi connectivity index (χ1) is 12.7. The van der Waals surface area contributed by atoms with Gasteiger partial charge in [0.25, 0.3) is 0 Å². The summed E-state index contributed by atoms with van der Waals surface area (Å²) < 4.78 is 24.0. The summed E-state index contributed by atoms with van der Waals surface area (Å²) in [6.07, 6.45) is -0.702. The van der Waals surface area contributed by atoms with Crippen LogP contribution < -0.4 is 10.0 Å². The second kappa shape index (κ2) is 7.43. The molecule has 8 nitrogen and oxygen atoms in total. The topological polar surface area (TPSA) is 124 Å². The minimum Gasteiger partial charge on any atom is -0.550 e. The zero-order valence-electron chi connectivity index (χ0n) is 14.5. The number of aliphatic carboxylic acids is 1. The fraction of sp³-hybridized carbons (Fsp3) is 0.412. The lowest BCUT2D eigenvalue weighted by molar-refractivity contribution is -0.305. The maximum atomic E-state index is 12.0. The third-order valence-electron chi connectivity index (χ3n) is 4.38. The van der Waals surface area contributed by atoms with Crippen LogP contribution in [0.25, 0.3) is 0 Å². The number of thioether (sulfide) groups is 1. The van der Waals surface area contributed by atoms with E-state index >= 15 is 0 Å². The zero-order valence-corrected chi connectivity index (χ0v) is 16.1. The molecule has 0 unspecified atom stereocenters. The second-order valence-corrected chi connectivity index (χ2v) is 9.79. The highest BCUT2D eigenvalue weighted by atomic mass is 32.2. The zero-order chi connectivity index (χ0) is 19.8. The van der Waals surface area contributed by atoms with Crippen molar-refractivity contribution < 1.29 is 27.9 Å². The van der Waals surface area contributed by atoms with Gasteiger partial charge < -0.3 is 14.8 Å². The summed E-state index contributed by atoms with van der Waals surface area (Å²) in [7, 11) is -3.18. The number of amides is 1. The fourth-order valence-corrected chi connectivity index (χ4v) is 7.03. The molecule has 2 heterocycles. The highest BCUT2D eigenvalue weighted by Crippen LogP contribution is 2.41. The van der Waals surface area contributed by atoms with E-state index in [1.54, 1.807) is 29.2 Å². The number of ketones is 1. The Balaban J connectivity index is 1.92. The molecule has 2 aliphatic heterocycles. The van der Waals surface area contributed by atoms with E-state index in [-0.39, 0.29) is 35.0 Å². The minimum atomic E-state index is -3.18. The van der Waals surface area contributed by atoms with Gasteiger partial charge in [-0.2, -0.15) is 4.99 Å². The number of fused-ring (bicyclic) bond motifs is 1. The van der Waals surface area contributed by atoms with E-state index in [4.69, 9.17) is 0 Å². The van der Waals surface area contributed by atoms with Crippen LogP contribution in [0.4, 0.5) is 5.69 Å². The third-order valence-corrected chi connectivity index (χ3v) is 7.59. The van der Waals surface area contributed by atoms with E-state index in [1.807, 2.05) is 0 Å². The molecule has 1 aromatic carbocycles. The van der Waals surface area contributed by atoms with Crippen LogP contribution in [0.1, 0.15) is 30.1 Å². The summed E-state index contributed by atoms with van der Waals surface area (Å²) in [5.41, 5.74) is 1.15. The predicted octanol–water partition coefficient (Wildman–Crippen LogP) is 0.0207. The summed E-state index contributed by atoms with van der Waals surface area (Å²) in [5, 5.41) is 10.6. The van der Waals surface area contributed by atoms with Gasteiger partial charge in [0.05, 0.1) is 17.5 Å². The number of hydrogen-bond donors (Lipinski definition) is 0. The van der Waals surface area contributed by atoms with Gasteiger partial charge in [0.15, 0.2) is 20.8 Å². The van der Waals surface area contributed by atoms with Gasteiger partial charge >= 0.3 is 0 Å². The van der Waals surface area contributed by atoms with Crippen molar-refractivity contribution >= 4 is 50.1 Å². The number of aliphatic imine (C=N–C) groups is 1. The van der Waals surface area contributed by atoms with Crippen LogP contribution in [0.15, 0.2) is 29.3 Å².